The summed E-state index contributed by atoms with van der Waals surface area (Å²) < 4.78 is 7.07. The monoisotopic (exact) mass is 583 g/mol. The molecule has 6 rings (SSSR count). The number of hydrogen-bond acceptors (Lipinski definition) is 9. The zero-order chi connectivity index (χ0) is 29.6. The Morgan fingerprint density at radius 1 is 1.07 bits per heavy atom. The average molecular weight is 584 g/mol. The normalized spacial score (nSPS) is 16.1. The third-order valence-corrected chi connectivity index (χ3v) is 7.68. The molecule has 4 N–H and O–H groups in total. The fraction of sp³-hybridized carbons (Fsp3) is 0.375. The summed E-state index contributed by atoms with van der Waals surface area (Å²) in [6.45, 7) is 4.28. The largest absolute Gasteiger partial charge is 0.394 e. The third kappa shape index (κ3) is 7.63. The van der Waals surface area contributed by atoms with Crippen molar-refractivity contribution in [2.75, 3.05) is 50.1 Å². The molecule has 0 spiro atoms. The highest BCUT2D eigenvalue weighted by molar-refractivity contribution is 5.94. The van der Waals surface area contributed by atoms with Crippen molar-refractivity contribution in [1.29, 1.82) is 0 Å². The number of aliphatic hydroxyl groups excluding tert-OH is 2. The van der Waals surface area contributed by atoms with Gasteiger partial charge < -0.3 is 25.6 Å². The molecule has 0 bridgehead atoms. The van der Waals surface area contributed by atoms with Crippen LogP contribution in [0.3, 0.4) is 0 Å². The molecule has 1 saturated carbocycles. The number of nitrogens with zero attached hydrogens (tertiary/aromatic N) is 5. The lowest BCUT2D eigenvalue weighted by Crippen LogP contribution is -2.37. The molecular weight excluding hydrogens is 546 g/mol. The lowest BCUT2D eigenvalue weighted by atomic mass is 10.1. The Morgan fingerprint density at radius 3 is 2.65 bits per heavy atom. The van der Waals surface area contributed by atoms with Crippen LogP contribution in [0.4, 0.5) is 17.3 Å². The number of anilines is 3. The number of hydrogen-bond donors (Lipinski definition) is 4. The van der Waals surface area contributed by atoms with Gasteiger partial charge in [0.2, 0.25) is 11.9 Å². The van der Waals surface area contributed by atoms with Gasteiger partial charge in [-0.1, -0.05) is 24.3 Å². The maximum absolute atomic E-state index is 12.2. The van der Waals surface area contributed by atoms with Crippen molar-refractivity contribution >= 4 is 23.2 Å². The molecule has 0 unspecified atom stereocenters. The molecule has 11 nitrogen and oxygen atoms in total. The first kappa shape index (κ1) is 28.9. The summed E-state index contributed by atoms with van der Waals surface area (Å²) in [6.07, 6.45) is 5.41. The molecule has 2 fully saturated rings. The number of aromatic nitrogens is 4. The molecule has 224 valence electrons. The van der Waals surface area contributed by atoms with E-state index in [2.05, 4.69) is 32.7 Å². The van der Waals surface area contributed by atoms with E-state index in [9.17, 15) is 15.0 Å². The van der Waals surface area contributed by atoms with Crippen LogP contribution in [-0.4, -0.2) is 86.3 Å². The van der Waals surface area contributed by atoms with Crippen molar-refractivity contribution in [2.45, 2.75) is 31.9 Å². The summed E-state index contributed by atoms with van der Waals surface area (Å²) >= 11 is 0. The summed E-state index contributed by atoms with van der Waals surface area (Å²) in [4.78, 5) is 23.9. The molecule has 2 aromatic carbocycles. The number of amides is 1. The van der Waals surface area contributed by atoms with Crippen LogP contribution < -0.4 is 10.6 Å². The molecule has 4 aromatic rings. The van der Waals surface area contributed by atoms with Gasteiger partial charge in [0.15, 0.2) is 0 Å². The van der Waals surface area contributed by atoms with Crippen LogP contribution in [0.1, 0.15) is 18.4 Å². The predicted octanol–water partition coefficient (Wildman–Crippen LogP) is 3.33. The molecule has 2 aromatic heterocycles. The van der Waals surface area contributed by atoms with Gasteiger partial charge >= 0.3 is 0 Å². The van der Waals surface area contributed by atoms with E-state index in [0.29, 0.717) is 17.3 Å². The van der Waals surface area contributed by atoms with Gasteiger partial charge in [0.05, 0.1) is 38.2 Å². The second-order valence-electron chi connectivity index (χ2n) is 11.1. The van der Waals surface area contributed by atoms with E-state index >= 15 is 0 Å². The molecule has 11 heteroatoms. The number of carbonyl (C=O) groups is 1. The first-order valence-corrected chi connectivity index (χ1v) is 14.8. The minimum absolute atomic E-state index is 0.0550. The number of nitrogens with one attached hydrogen (secondary N) is 2. The van der Waals surface area contributed by atoms with Crippen molar-refractivity contribution in [3.63, 3.8) is 0 Å². The molecule has 1 atom stereocenters. The van der Waals surface area contributed by atoms with Gasteiger partial charge in [-0.25, -0.2) is 9.97 Å². The highest BCUT2D eigenvalue weighted by Gasteiger charge is 2.29. The zero-order valence-corrected chi connectivity index (χ0v) is 24.0. The quantitative estimate of drug-likeness (QED) is 0.198. The van der Waals surface area contributed by atoms with Gasteiger partial charge in [0.1, 0.15) is 5.69 Å². The van der Waals surface area contributed by atoms with Crippen LogP contribution in [-0.2, 0) is 22.5 Å². The standard InChI is InChI=1S/C32H37N7O4/c40-21-27(41)19-39-20-28(30(37-39)23-6-8-25(9-7-23)34-31(42)24-4-5-24)29-10-12-33-32(36-29)35-26-3-1-2-22(18-26)11-13-38-14-16-43-17-15-38/h1-3,6-10,12,18,20,24,27,40-41H,4-5,11,13-17,19,21H2,(H,34,42)(H,33,35,36)/t27-/m0/s1. The van der Waals surface area contributed by atoms with Crippen LogP contribution in [0.5, 0.6) is 0 Å². The van der Waals surface area contributed by atoms with Crippen molar-refractivity contribution in [3.8, 4) is 22.5 Å². The van der Waals surface area contributed by atoms with Crippen molar-refractivity contribution < 1.29 is 19.7 Å². The lowest BCUT2D eigenvalue weighted by molar-refractivity contribution is -0.117. The summed E-state index contributed by atoms with van der Waals surface area (Å²) in [7, 11) is 0. The number of rotatable bonds is 12. The molecule has 1 amide bonds. The minimum atomic E-state index is -0.946. The number of morpholine rings is 1. The van der Waals surface area contributed by atoms with Crippen molar-refractivity contribution in [1.82, 2.24) is 24.6 Å². The van der Waals surface area contributed by atoms with Crippen molar-refractivity contribution in [2.24, 2.45) is 5.92 Å². The summed E-state index contributed by atoms with van der Waals surface area (Å²) in [5.41, 5.74) is 5.78. The Hall–Kier alpha value is -4.16. The van der Waals surface area contributed by atoms with Gasteiger partial charge in [-0.2, -0.15) is 5.10 Å². The Morgan fingerprint density at radius 2 is 1.88 bits per heavy atom. The van der Waals surface area contributed by atoms with Crippen LogP contribution in [0.2, 0.25) is 0 Å². The topological polar surface area (TPSA) is 138 Å². The van der Waals surface area contributed by atoms with E-state index in [-0.39, 0.29) is 25.0 Å². The van der Waals surface area contributed by atoms with Gasteiger partial charge in [-0.15, -0.1) is 0 Å². The Balaban J connectivity index is 1.21. The molecule has 3 heterocycles. The molecule has 1 aliphatic carbocycles. The highest BCUT2D eigenvalue weighted by atomic mass is 16.5. The number of aliphatic hydroxyl groups is 2. The minimum Gasteiger partial charge on any atom is -0.394 e. The second-order valence-corrected chi connectivity index (χ2v) is 11.1. The maximum atomic E-state index is 12.2. The second kappa shape index (κ2) is 13.4. The number of ether oxygens (including phenoxy) is 1. The number of carbonyl (C=O) groups excluding carboxylic acids is 1. The lowest BCUT2D eigenvalue weighted by Gasteiger charge is -2.26. The fourth-order valence-electron chi connectivity index (χ4n) is 5.11. The Labute approximate surface area is 250 Å². The van der Waals surface area contributed by atoms with Gasteiger partial charge in [-0.05, 0) is 55.2 Å². The van der Waals surface area contributed by atoms with Crippen LogP contribution in [0.25, 0.3) is 22.5 Å². The van der Waals surface area contributed by atoms with E-state index in [0.717, 1.165) is 74.6 Å². The first-order valence-electron chi connectivity index (χ1n) is 14.8. The summed E-state index contributed by atoms with van der Waals surface area (Å²) in [6, 6.07) is 17.6. The first-order chi connectivity index (χ1) is 21.0. The van der Waals surface area contributed by atoms with E-state index in [4.69, 9.17) is 14.8 Å². The van der Waals surface area contributed by atoms with Gasteiger partial charge in [-0.3, -0.25) is 14.4 Å². The average Bonchev–Trinajstić information content (AvgIpc) is 3.81. The molecule has 1 saturated heterocycles. The predicted molar refractivity (Wildman–Crippen MR) is 164 cm³/mol. The van der Waals surface area contributed by atoms with Gasteiger partial charge in [0, 0.05) is 60.4 Å². The van der Waals surface area contributed by atoms with Crippen LogP contribution >= 0.6 is 0 Å². The third-order valence-electron chi connectivity index (χ3n) is 7.68. The Bertz CT molecular complexity index is 1530. The number of benzene rings is 2. The van der Waals surface area contributed by atoms with E-state index < -0.39 is 6.10 Å². The van der Waals surface area contributed by atoms with Crippen molar-refractivity contribution in [3.05, 3.63) is 72.6 Å². The molecule has 0 radical (unpaired) electrons. The van der Waals surface area contributed by atoms with Crippen LogP contribution in [0, 0.1) is 5.92 Å². The smallest absolute Gasteiger partial charge is 0.227 e. The van der Waals surface area contributed by atoms with E-state index in [1.807, 2.05) is 48.7 Å². The zero-order valence-electron chi connectivity index (χ0n) is 24.0. The molecular formula is C32H37N7O4. The van der Waals surface area contributed by atoms with Crippen LogP contribution in [0.15, 0.2) is 67.0 Å². The maximum Gasteiger partial charge on any atom is 0.227 e. The van der Waals surface area contributed by atoms with Gasteiger partial charge in [0.25, 0.3) is 0 Å². The van der Waals surface area contributed by atoms with E-state index in [1.165, 1.54) is 5.56 Å². The summed E-state index contributed by atoms with van der Waals surface area (Å²) in [5.74, 6) is 0.632. The highest BCUT2D eigenvalue weighted by Crippen LogP contribution is 2.33. The molecule has 43 heavy (non-hydrogen) atoms. The Kier molecular flexibility index (Phi) is 9.04. The molecule has 2 aliphatic rings. The SMILES string of the molecule is O=C(Nc1ccc(-c2nn(C[C@H](O)CO)cc2-c2ccnc(Nc3cccc(CCN4CCOCC4)c3)n2)cc1)C1CC1. The summed E-state index contributed by atoms with van der Waals surface area (Å²) in [5, 5.41) is 30.5. The fourth-order valence-corrected chi connectivity index (χ4v) is 5.11. The molecule has 1 aliphatic heterocycles. The van der Waals surface area contributed by atoms with E-state index in [1.54, 1.807) is 10.9 Å².